The van der Waals surface area contributed by atoms with Gasteiger partial charge in [0.05, 0.1) is 20.7 Å². The molecular weight excluding hydrogens is 342 g/mol. The van der Waals surface area contributed by atoms with E-state index in [9.17, 15) is 0 Å². The van der Waals surface area contributed by atoms with Gasteiger partial charge in [0.25, 0.3) is 0 Å². The van der Waals surface area contributed by atoms with Gasteiger partial charge in [0.15, 0.2) is 0 Å². The van der Waals surface area contributed by atoms with E-state index in [1.165, 1.54) is 69.8 Å². The van der Waals surface area contributed by atoms with Crippen LogP contribution in [-0.4, -0.2) is 38.3 Å². The lowest BCUT2D eigenvalue weighted by Crippen LogP contribution is -2.41. The van der Waals surface area contributed by atoms with Crippen LogP contribution in [0.3, 0.4) is 0 Å². The summed E-state index contributed by atoms with van der Waals surface area (Å²) in [5.41, 5.74) is 1.40. The average Bonchev–Trinajstić information content (AvgIpc) is 2.59. The fraction of sp³-hybridized carbons (Fsp3) is 0.739. The van der Waals surface area contributed by atoms with Crippen LogP contribution >= 0.6 is 12.4 Å². The van der Waals surface area contributed by atoms with Gasteiger partial charge in [0, 0.05) is 12.2 Å². The monoisotopic (exact) mass is 384 g/mol. The Morgan fingerprint density at radius 1 is 0.731 bits per heavy atom. The molecule has 0 aliphatic heterocycles. The predicted octanol–water partition coefficient (Wildman–Crippen LogP) is 6.62. The minimum absolute atomic E-state index is 0. The van der Waals surface area contributed by atoms with E-state index in [1.807, 2.05) is 0 Å². The highest BCUT2D eigenvalue weighted by molar-refractivity contribution is 5.85. The molecule has 0 unspecified atom stereocenters. The second-order valence-corrected chi connectivity index (χ2v) is 8.10. The number of halogens is 1. The normalized spacial score (nSPS) is 11.3. The second kappa shape index (κ2) is 16.6. The van der Waals surface area contributed by atoms with Crippen LogP contribution in [0.1, 0.15) is 76.7 Å². The first-order valence-corrected chi connectivity index (χ1v) is 10.6. The van der Waals surface area contributed by atoms with Gasteiger partial charge in [-0.3, -0.25) is 0 Å². The predicted molar refractivity (Wildman–Crippen MR) is 117 cm³/mol. The summed E-state index contributed by atoms with van der Waals surface area (Å²) >= 11 is 0. The van der Waals surface area contributed by atoms with Gasteiger partial charge >= 0.3 is 0 Å². The van der Waals surface area contributed by atoms with Crippen LogP contribution < -0.4 is 0 Å². The lowest BCUT2D eigenvalue weighted by Gasteiger charge is -2.29. The molecule has 152 valence electrons. The summed E-state index contributed by atoms with van der Waals surface area (Å²) in [5, 5.41) is 0. The van der Waals surface area contributed by atoms with Crippen molar-refractivity contribution in [3.05, 3.63) is 35.9 Å². The Morgan fingerprint density at radius 3 is 1.85 bits per heavy atom. The average molecular weight is 385 g/mol. The fourth-order valence-corrected chi connectivity index (χ4v) is 3.26. The number of benzene rings is 1. The highest BCUT2D eigenvalue weighted by Gasteiger charge is 2.15. The lowest BCUT2D eigenvalue weighted by atomic mass is 10.1. The topological polar surface area (TPSA) is 9.23 Å². The first-order valence-electron chi connectivity index (χ1n) is 10.6. The van der Waals surface area contributed by atoms with Crippen molar-refractivity contribution in [1.29, 1.82) is 0 Å². The molecule has 0 heterocycles. The van der Waals surface area contributed by atoms with Crippen LogP contribution in [0.15, 0.2) is 30.3 Å². The molecule has 0 amide bonds. The summed E-state index contributed by atoms with van der Waals surface area (Å²) in [4.78, 5) is 0. The molecule has 0 saturated carbocycles. The van der Waals surface area contributed by atoms with E-state index in [1.54, 1.807) is 0 Å². The maximum Gasteiger partial charge on any atom is 0.104 e. The van der Waals surface area contributed by atoms with Crippen LogP contribution in [0.5, 0.6) is 0 Å². The van der Waals surface area contributed by atoms with Gasteiger partial charge in [-0.2, -0.15) is 0 Å². The molecule has 1 aromatic rings. The minimum Gasteiger partial charge on any atom is -0.376 e. The summed E-state index contributed by atoms with van der Waals surface area (Å²) < 4.78 is 6.85. The standard InChI is InChI=1S/C23H42NO.ClH/c1-4-5-6-7-8-9-10-11-12-16-20-25-21-19-24(2,3)22-23-17-14-13-15-18-23;/h13-15,17-18H,4-12,16,19-22H2,1-3H3;1H/q+1;. The number of likely N-dealkylation sites (N-methyl/N-ethyl adjacent to an activating group) is 1. The maximum atomic E-state index is 5.86. The number of ether oxygens (including phenoxy) is 1. The molecule has 1 aromatic carbocycles. The van der Waals surface area contributed by atoms with Gasteiger partial charge in [0.2, 0.25) is 0 Å². The first kappa shape index (κ1) is 25.4. The molecule has 0 bridgehead atoms. The molecule has 0 aliphatic carbocycles. The molecule has 0 aliphatic rings. The SMILES string of the molecule is CCCCCCCCCCCCOCC[N+](C)(C)Cc1ccccc1.Cl. The van der Waals surface area contributed by atoms with Crippen LogP contribution in [-0.2, 0) is 11.3 Å². The van der Waals surface area contributed by atoms with Crippen molar-refractivity contribution in [1.82, 2.24) is 0 Å². The van der Waals surface area contributed by atoms with Crippen LogP contribution in [0.2, 0.25) is 0 Å². The van der Waals surface area contributed by atoms with Gasteiger partial charge in [-0.25, -0.2) is 0 Å². The van der Waals surface area contributed by atoms with E-state index in [-0.39, 0.29) is 12.4 Å². The Labute approximate surface area is 169 Å². The Hall–Kier alpha value is -0.570. The zero-order valence-corrected chi connectivity index (χ0v) is 18.4. The molecule has 26 heavy (non-hydrogen) atoms. The lowest BCUT2D eigenvalue weighted by molar-refractivity contribution is -0.904. The van der Waals surface area contributed by atoms with Gasteiger partial charge in [-0.05, 0) is 6.42 Å². The molecule has 3 heteroatoms. The molecule has 0 aromatic heterocycles. The fourth-order valence-electron chi connectivity index (χ4n) is 3.26. The van der Waals surface area contributed by atoms with E-state index >= 15 is 0 Å². The Morgan fingerprint density at radius 2 is 1.27 bits per heavy atom. The number of hydrogen-bond donors (Lipinski definition) is 0. The molecular formula is C23H43ClNO+. The molecule has 0 saturated heterocycles. The van der Waals surface area contributed by atoms with Gasteiger partial charge in [0.1, 0.15) is 13.1 Å². The third-order valence-corrected chi connectivity index (χ3v) is 4.94. The molecule has 0 spiro atoms. The van der Waals surface area contributed by atoms with Crippen molar-refractivity contribution < 1.29 is 9.22 Å². The number of rotatable bonds is 16. The number of unbranched alkanes of at least 4 members (excludes halogenated alkanes) is 9. The Balaban J connectivity index is 0.00000625. The van der Waals surface area contributed by atoms with Crippen molar-refractivity contribution in [3.63, 3.8) is 0 Å². The zero-order valence-electron chi connectivity index (χ0n) is 17.5. The van der Waals surface area contributed by atoms with Crippen molar-refractivity contribution in [2.45, 2.75) is 77.7 Å². The molecule has 1 rings (SSSR count). The minimum atomic E-state index is 0. The van der Waals surface area contributed by atoms with E-state index in [0.29, 0.717) is 0 Å². The summed E-state index contributed by atoms with van der Waals surface area (Å²) in [6.07, 6.45) is 13.8. The number of nitrogens with zero attached hydrogens (tertiary/aromatic N) is 1. The third-order valence-electron chi connectivity index (χ3n) is 4.94. The Bertz CT molecular complexity index is 408. The summed E-state index contributed by atoms with van der Waals surface area (Å²) in [7, 11) is 4.58. The smallest absolute Gasteiger partial charge is 0.104 e. The molecule has 0 atom stereocenters. The van der Waals surface area contributed by atoms with Crippen LogP contribution in [0.4, 0.5) is 0 Å². The van der Waals surface area contributed by atoms with Crippen molar-refractivity contribution in [2.24, 2.45) is 0 Å². The Kier molecular flexibility index (Phi) is 16.2. The summed E-state index contributed by atoms with van der Waals surface area (Å²) in [5.74, 6) is 0. The first-order chi connectivity index (χ1) is 12.1. The van der Waals surface area contributed by atoms with Crippen LogP contribution in [0.25, 0.3) is 0 Å². The highest BCUT2D eigenvalue weighted by Crippen LogP contribution is 2.11. The number of quaternary nitrogens is 1. The summed E-state index contributed by atoms with van der Waals surface area (Å²) in [6, 6.07) is 10.8. The zero-order chi connectivity index (χ0) is 18.2. The molecule has 0 radical (unpaired) electrons. The van der Waals surface area contributed by atoms with Crippen molar-refractivity contribution in [2.75, 3.05) is 33.9 Å². The van der Waals surface area contributed by atoms with Crippen molar-refractivity contribution >= 4 is 12.4 Å². The van der Waals surface area contributed by atoms with E-state index in [2.05, 4.69) is 51.4 Å². The quantitative estimate of drug-likeness (QED) is 0.230. The molecule has 0 fully saturated rings. The van der Waals surface area contributed by atoms with Gasteiger partial charge < -0.3 is 9.22 Å². The molecule has 0 N–H and O–H groups in total. The van der Waals surface area contributed by atoms with E-state index in [0.717, 1.165) is 30.8 Å². The highest BCUT2D eigenvalue weighted by atomic mass is 35.5. The third kappa shape index (κ3) is 14.6. The van der Waals surface area contributed by atoms with Gasteiger partial charge in [-0.1, -0.05) is 95.0 Å². The largest absolute Gasteiger partial charge is 0.376 e. The van der Waals surface area contributed by atoms with E-state index in [4.69, 9.17) is 4.74 Å². The van der Waals surface area contributed by atoms with Gasteiger partial charge in [-0.15, -0.1) is 12.4 Å². The summed E-state index contributed by atoms with van der Waals surface area (Å²) in [6.45, 7) is 6.24. The second-order valence-electron chi connectivity index (χ2n) is 8.10. The molecule has 2 nitrogen and oxygen atoms in total. The maximum absolute atomic E-state index is 5.86. The number of hydrogen-bond acceptors (Lipinski definition) is 1. The van der Waals surface area contributed by atoms with Crippen LogP contribution in [0, 0.1) is 0 Å². The van der Waals surface area contributed by atoms with Crippen molar-refractivity contribution in [3.8, 4) is 0 Å². The van der Waals surface area contributed by atoms with E-state index < -0.39 is 0 Å².